The molecule has 0 saturated heterocycles. The first-order valence-corrected chi connectivity index (χ1v) is 6.88. The summed E-state index contributed by atoms with van der Waals surface area (Å²) < 4.78 is 11.0. The highest BCUT2D eigenvalue weighted by molar-refractivity contribution is 5.43. The molecule has 1 aromatic heterocycles. The van der Waals surface area contributed by atoms with Crippen LogP contribution in [0.4, 0.5) is 0 Å². The summed E-state index contributed by atoms with van der Waals surface area (Å²) in [4.78, 5) is 4.29. The van der Waals surface area contributed by atoms with E-state index in [9.17, 15) is 0 Å². The highest BCUT2D eigenvalue weighted by atomic mass is 16.5. The average Bonchev–Trinajstić information content (AvgIpc) is 2.85. The van der Waals surface area contributed by atoms with Crippen LogP contribution in [-0.2, 0) is 19.6 Å². The monoisotopic (exact) mass is 275 g/mol. The summed E-state index contributed by atoms with van der Waals surface area (Å²) in [6.07, 6.45) is 1.79. The standard InChI is InChI=1S/C15H21N3O2/c1-4-5-14-17-13(18-20-14)9-19-15-10(2)6-12(8-16)7-11(15)3/h6-7H,4-5,8-9,16H2,1-3H3. The minimum atomic E-state index is 0.316. The minimum absolute atomic E-state index is 0.316. The number of benzene rings is 1. The normalized spacial score (nSPS) is 10.8. The summed E-state index contributed by atoms with van der Waals surface area (Å²) in [5.74, 6) is 2.11. The van der Waals surface area contributed by atoms with Crippen LogP contribution in [0.2, 0.25) is 0 Å². The third kappa shape index (κ3) is 3.36. The van der Waals surface area contributed by atoms with Crippen LogP contribution < -0.4 is 10.5 Å². The molecule has 5 heteroatoms. The van der Waals surface area contributed by atoms with Crippen molar-refractivity contribution in [1.29, 1.82) is 0 Å². The van der Waals surface area contributed by atoms with Crippen molar-refractivity contribution in [3.63, 3.8) is 0 Å². The lowest BCUT2D eigenvalue weighted by Gasteiger charge is -2.12. The number of hydrogen-bond donors (Lipinski definition) is 1. The predicted octanol–water partition coefficient (Wildman–Crippen LogP) is 2.68. The first kappa shape index (κ1) is 14.5. The second-order valence-corrected chi connectivity index (χ2v) is 4.91. The van der Waals surface area contributed by atoms with Crippen molar-refractivity contribution in [3.05, 3.63) is 40.5 Å². The van der Waals surface area contributed by atoms with Gasteiger partial charge in [-0.1, -0.05) is 24.2 Å². The summed E-state index contributed by atoms with van der Waals surface area (Å²) in [7, 11) is 0. The van der Waals surface area contributed by atoms with Gasteiger partial charge < -0.3 is 15.0 Å². The zero-order valence-corrected chi connectivity index (χ0v) is 12.3. The Morgan fingerprint density at radius 2 is 1.95 bits per heavy atom. The second-order valence-electron chi connectivity index (χ2n) is 4.91. The Hall–Kier alpha value is -1.88. The van der Waals surface area contributed by atoms with Gasteiger partial charge in [0.15, 0.2) is 6.61 Å². The van der Waals surface area contributed by atoms with Crippen LogP contribution in [0, 0.1) is 13.8 Å². The summed E-state index contributed by atoms with van der Waals surface area (Å²) in [5.41, 5.74) is 8.91. The number of aromatic nitrogens is 2. The van der Waals surface area contributed by atoms with Gasteiger partial charge in [0.2, 0.25) is 11.7 Å². The lowest BCUT2D eigenvalue weighted by Crippen LogP contribution is -2.03. The molecule has 0 amide bonds. The van der Waals surface area contributed by atoms with Gasteiger partial charge in [-0.05, 0) is 37.0 Å². The van der Waals surface area contributed by atoms with Crippen LogP contribution in [0.15, 0.2) is 16.7 Å². The quantitative estimate of drug-likeness (QED) is 0.877. The number of nitrogens with zero attached hydrogens (tertiary/aromatic N) is 2. The molecule has 0 aliphatic rings. The van der Waals surface area contributed by atoms with Gasteiger partial charge in [-0.2, -0.15) is 4.98 Å². The van der Waals surface area contributed by atoms with E-state index in [4.69, 9.17) is 15.0 Å². The topological polar surface area (TPSA) is 74.2 Å². The molecule has 5 nitrogen and oxygen atoms in total. The smallest absolute Gasteiger partial charge is 0.226 e. The van der Waals surface area contributed by atoms with E-state index in [1.165, 1.54) is 0 Å². The Bertz CT molecular complexity index is 555. The van der Waals surface area contributed by atoms with E-state index in [2.05, 4.69) is 17.1 Å². The van der Waals surface area contributed by atoms with E-state index in [-0.39, 0.29) is 0 Å². The number of ether oxygens (including phenoxy) is 1. The van der Waals surface area contributed by atoms with Gasteiger partial charge in [0.1, 0.15) is 5.75 Å². The Morgan fingerprint density at radius 1 is 1.25 bits per heavy atom. The summed E-state index contributed by atoms with van der Waals surface area (Å²) >= 11 is 0. The van der Waals surface area contributed by atoms with E-state index in [1.54, 1.807) is 0 Å². The molecule has 20 heavy (non-hydrogen) atoms. The SMILES string of the molecule is CCCc1nc(COc2c(C)cc(CN)cc2C)no1. The molecule has 2 rings (SSSR count). The second kappa shape index (κ2) is 6.52. The minimum Gasteiger partial charge on any atom is -0.485 e. The van der Waals surface area contributed by atoms with E-state index in [0.717, 1.165) is 35.3 Å². The van der Waals surface area contributed by atoms with Gasteiger partial charge in [0, 0.05) is 13.0 Å². The zero-order chi connectivity index (χ0) is 14.5. The molecule has 0 spiro atoms. The summed E-state index contributed by atoms with van der Waals surface area (Å²) in [5, 5.41) is 3.91. The molecule has 2 N–H and O–H groups in total. The zero-order valence-electron chi connectivity index (χ0n) is 12.3. The fourth-order valence-electron chi connectivity index (χ4n) is 2.19. The molecule has 1 heterocycles. The summed E-state index contributed by atoms with van der Waals surface area (Å²) in [6, 6.07) is 4.09. The maximum absolute atomic E-state index is 5.82. The number of nitrogens with two attached hydrogens (primary N) is 1. The molecule has 0 aliphatic heterocycles. The van der Waals surface area contributed by atoms with Crippen molar-refractivity contribution in [3.8, 4) is 5.75 Å². The molecular formula is C15H21N3O2. The van der Waals surface area contributed by atoms with Crippen molar-refractivity contribution in [2.45, 2.75) is 46.8 Å². The molecule has 0 saturated carbocycles. The van der Waals surface area contributed by atoms with Gasteiger partial charge in [-0.25, -0.2) is 0 Å². The van der Waals surface area contributed by atoms with Crippen molar-refractivity contribution in [2.24, 2.45) is 5.73 Å². The van der Waals surface area contributed by atoms with Crippen molar-refractivity contribution in [2.75, 3.05) is 0 Å². The molecule has 1 aromatic carbocycles. The lowest BCUT2D eigenvalue weighted by molar-refractivity contribution is 0.281. The van der Waals surface area contributed by atoms with Crippen LogP contribution >= 0.6 is 0 Å². The van der Waals surface area contributed by atoms with Crippen LogP contribution in [0.3, 0.4) is 0 Å². The van der Waals surface area contributed by atoms with Gasteiger partial charge in [0.25, 0.3) is 0 Å². The lowest BCUT2D eigenvalue weighted by atomic mass is 10.1. The third-order valence-corrected chi connectivity index (χ3v) is 3.08. The molecule has 108 valence electrons. The fraction of sp³-hybridized carbons (Fsp3) is 0.467. The number of rotatable bonds is 6. The van der Waals surface area contributed by atoms with Crippen LogP contribution in [0.1, 0.15) is 41.8 Å². The third-order valence-electron chi connectivity index (χ3n) is 3.08. The maximum atomic E-state index is 5.82. The van der Waals surface area contributed by atoms with E-state index < -0.39 is 0 Å². The fourth-order valence-corrected chi connectivity index (χ4v) is 2.19. The number of hydrogen-bond acceptors (Lipinski definition) is 5. The van der Waals surface area contributed by atoms with E-state index in [1.807, 2.05) is 26.0 Å². The molecule has 0 fully saturated rings. The van der Waals surface area contributed by atoms with E-state index in [0.29, 0.717) is 24.9 Å². The van der Waals surface area contributed by atoms with Crippen LogP contribution in [0.5, 0.6) is 5.75 Å². The highest BCUT2D eigenvalue weighted by Crippen LogP contribution is 2.25. The first-order chi connectivity index (χ1) is 9.63. The molecule has 0 atom stereocenters. The Morgan fingerprint density at radius 3 is 2.55 bits per heavy atom. The van der Waals surface area contributed by atoms with Gasteiger partial charge in [-0.15, -0.1) is 0 Å². The molecular weight excluding hydrogens is 254 g/mol. The summed E-state index contributed by atoms with van der Waals surface area (Å²) in [6.45, 7) is 6.95. The van der Waals surface area contributed by atoms with Crippen LogP contribution in [-0.4, -0.2) is 10.1 Å². The largest absolute Gasteiger partial charge is 0.485 e. The number of aryl methyl sites for hydroxylation is 3. The van der Waals surface area contributed by atoms with Crippen molar-refractivity contribution < 1.29 is 9.26 Å². The van der Waals surface area contributed by atoms with Crippen LogP contribution in [0.25, 0.3) is 0 Å². The van der Waals surface area contributed by atoms with Crippen molar-refractivity contribution >= 4 is 0 Å². The highest BCUT2D eigenvalue weighted by Gasteiger charge is 2.10. The van der Waals surface area contributed by atoms with Gasteiger partial charge in [-0.3, -0.25) is 0 Å². The molecule has 0 radical (unpaired) electrons. The predicted molar refractivity (Wildman–Crippen MR) is 76.4 cm³/mol. The molecule has 0 bridgehead atoms. The Kier molecular flexibility index (Phi) is 4.74. The Labute approximate surface area is 119 Å². The first-order valence-electron chi connectivity index (χ1n) is 6.88. The van der Waals surface area contributed by atoms with Gasteiger partial charge >= 0.3 is 0 Å². The molecule has 2 aromatic rings. The Balaban J connectivity index is 2.06. The molecule has 0 unspecified atom stereocenters. The average molecular weight is 275 g/mol. The van der Waals surface area contributed by atoms with E-state index >= 15 is 0 Å². The maximum Gasteiger partial charge on any atom is 0.226 e. The van der Waals surface area contributed by atoms with Gasteiger partial charge in [0.05, 0.1) is 0 Å². The molecule has 0 aliphatic carbocycles. The van der Waals surface area contributed by atoms with Crippen molar-refractivity contribution in [1.82, 2.24) is 10.1 Å².